The molecule has 0 atom stereocenters. The minimum Gasteiger partial charge on any atom is -0.466 e. The standard InChI is InChI=1S/C10H21NO2/c1-4-13-10(12)6-5-7-11-8-9(2)3/h9,11H,4-8H2,1-3H3. The van der Waals surface area contributed by atoms with E-state index < -0.39 is 0 Å². The maximum absolute atomic E-state index is 10.9. The lowest BCUT2D eigenvalue weighted by Crippen LogP contribution is -2.21. The summed E-state index contributed by atoms with van der Waals surface area (Å²) >= 11 is 0. The van der Waals surface area contributed by atoms with E-state index in [-0.39, 0.29) is 5.97 Å². The molecule has 1 N–H and O–H groups in total. The normalized spacial score (nSPS) is 10.5. The third kappa shape index (κ3) is 9.34. The van der Waals surface area contributed by atoms with Crippen molar-refractivity contribution in [3.63, 3.8) is 0 Å². The Bertz CT molecular complexity index is 135. The first kappa shape index (κ1) is 12.4. The van der Waals surface area contributed by atoms with Crippen LogP contribution in [0, 0.1) is 5.92 Å². The second-order valence-corrected chi connectivity index (χ2v) is 3.51. The van der Waals surface area contributed by atoms with E-state index in [2.05, 4.69) is 19.2 Å². The Balaban J connectivity index is 3.11. The Morgan fingerprint density at radius 3 is 2.69 bits per heavy atom. The van der Waals surface area contributed by atoms with Gasteiger partial charge in [-0.3, -0.25) is 4.79 Å². The molecule has 0 unspecified atom stereocenters. The summed E-state index contributed by atoms with van der Waals surface area (Å²) in [5.74, 6) is 0.580. The molecule has 0 radical (unpaired) electrons. The van der Waals surface area contributed by atoms with Crippen LogP contribution in [0.15, 0.2) is 0 Å². The molecule has 0 aliphatic heterocycles. The van der Waals surface area contributed by atoms with Gasteiger partial charge in [-0.2, -0.15) is 0 Å². The predicted octanol–water partition coefficient (Wildman–Crippen LogP) is 1.58. The van der Waals surface area contributed by atoms with Crippen molar-refractivity contribution >= 4 is 5.97 Å². The number of hydrogen-bond acceptors (Lipinski definition) is 3. The maximum Gasteiger partial charge on any atom is 0.305 e. The first-order chi connectivity index (χ1) is 6.16. The molecule has 0 aromatic rings. The molecule has 0 rings (SSSR count). The highest BCUT2D eigenvalue weighted by molar-refractivity contribution is 5.69. The van der Waals surface area contributed by atoms with E-state index in [9.17, 15) is 4.79 Å². The van der Waals surface area contributed by atoms with Crippen molar-refractivity contribution in [2.75, 3.05) is 19.7 Å². The summed E-state index contributed by atoms with van der Waals surface area (Å²) in [6.45, 7) is 8.56. The van der Waals surface area contributed by atoms with Gasteiger partial charge in [-0.25, -0.2) is 0 Å². The van der Waals surface area contributed by atoms with Gasteiger partial charge in [0.2, 0.25) is 0 Å². The third-order valence-electron chi connectivity index (χ3n) is 1.59. The van der Waals surface area contributed by atoms with Crippen LogP contribution in [0.25, 0.3) is 0 Å². The molecule has 0 spiro atoms. The Morgan fingerprint density at radius 1 is 1.46 bits per heavy atom. The minimum absolute atomic E-state index is 0.0890. The van der Waals surface area contributed by atoms with Crippen LogP contribution < -0.4 is 5.32 Å². The van der Waals surface area contributed by atoms with Crippen LogP contribution in [0.3, 0.4) is 0 Å². The van der Waals surface area contributed by atoms with Gasteiger partial charge in [-0.15, -0.1) is 0 Å². The molecule has 0 amide bonds. The average molecular weight is 187 g/mol. The minimum atomic E-state index is -0.0890. The fourth-order valence-electron chi connectivity index (χ4n) is 0.982. The number of carbonyl (C=O) groups is 1. The summed E-state index contributed by atoms with van der Waals surface area (Å²) in [4.78, 5) is 10.9. The zero-order valence-corrected chi connectivity index (χ0v) is 8.93. The molecule has 0 saturated carbocycles. The van der Waals surface area contributed by atoms with E-state index >= 15 is 0 Å². The smallest absolute Gasteiger partial charge is 0.305 e. The largest absolute Gasteiger partial charge is 0.466 e. The van der Waals surface area contributed by atoms with Crippen LogP contribution in [0.2, 0.25) is 0 Å². The zero-order chi connectivity index (χ0) is 10.1. The molecule has 0 saturated heterocycles. The van der Waals surface area contributed by atoms with Gasteiger partial charge in [-0.1, -0.05) is 13.8 Å². The molecule has 13 heavy (non-hydrogen) atoms. The van der Waals surface area contributed by atoms with Crippen LogP contribution in [0.5, 0.6) is 0 Å². The molecule has 3 heteroatoms. The second-order valence-electron chi connectivity index (χ2n) is 3.51. The Morgan fingerprint density at radius 2 is 2.15 bits per heavy atom. The first-order valence-corrected chi connectivity index (χ1v) is 5.03. The zero-order valence-electron chi connectivity index (χ0n) is 8.93. The molecule has 0 fully saturated rings. The average Bonchev–Trinajstić information content (AvgIpc) is 2.03. The van der Waals surface area contributed by atoms with Gasteiger partial charge in [-0.05, 0) is 32.4 Å². The molecule has 0 bridgehead atoms. The highest BCUT2D eigenvalue weighted by Crippen LogP contribution is 1.92. The van der Waals surface area contributed by atoms with Gasteiger partial charge in [0.15, 0.2) is 0 Å². The van der Waals surface area contributed by atoms with Crippen molar-refractivity contribution in [3.8, 4) is 0 Å². The molecule has 3 nitrogen and oxygen atoms in total. The number of ether oxygens (including phenoxy) is 1. The maximum atomic E-state index is 10.9. The van der Waals surface area contributed by atoms with Crippen LogP contribution in [0.4, 0.5) is 0 Å². The third-order valence-corrected chi connectivity index (χ3v) is 1.59. The lowest BCUT2D eigenvalue weighted by molar-refractivity contribution is -0.143. The number of hydrogen-bond donors (Lipinski definition) is 1. The number of nitrogens with one attached hydrogen (secondary N) is 1. The number of rotatable bonds is 7. The van der Waals surface area contributed by atoms with Gasteiger partial charge >= 0.3 is 5.97 Å². The molecule has 0 aromatic carbocycles. The molecule has 0 aliphatic carbocycles. The van der Waals surface area contributed by atoms with Crippen LogP contribution in [-0.4, -0.2) is 25.7 Å². The number of esters is 1. The summed E-state index contributed by atoms with van der Waals surface area (Å²) in [7, 11) is 0. The summed E-state index contributed by atoms with van der Waals surface area (Å²) in [6, 6.07) is 0. The topological polar surface area (TPSA) is 38.3 Å². The van der Waals surface area contributed by atoms with E-state index in [0.717, 1.165) is 19.5 Å². The Kier molecular flexibility index (Phi) is 7.69. The molecular weight excluding hydrogens is 166 g/mol. The highest BCUT2D eigenvalue weighted by atomic mass is 16.5. The summed E-state index contributed by atoms with van der Waals surface area (Å²) in [5, 5.41) is 3.27. The van der Waals surface area contributed by atoms with E-state index in [4.69, 9.17) is 4.74 Å². The van der Waals surface area contributed by atoms with Gasteiger partial charge < -0.3 is 10.1 Å². The van der Waals surface area contributed by atoms with Crippen molar-refractivity contribution in [2.45, 2.75) is 33.6 Å². The SMILES string of the molecule is CCOC(=O)CCCNCC(C)C. The lowest BCUT2D eigenvalue weighted by atomic mass is 10.2. The van der Waals surface area contributed by atoms with Crippen LogP contribution >= 0.6 is 0 Å². The van der Waals surface area contributed by atoms with E-state index in [0.29, 0.717) is 18.9 Å². The summed E-state index contributed by atoms with van der Waals surface area (Å²) in [5.41, 5.74) is 0. The van der Waals surface area contributed by atoms with E-state index in [1.54, 1.807) is 0 Å². The predicted molar refractivity (Wildman–Crippen MR) is 53.6 cm³/mol. The number of carbonyl (C=O) groups excluding carboxylic acids is 1. The molecule has 0 aliphatic rings. The molecule has 78 valence electrons. The van der Waals surface area contributed by atoms with Crippen molar-refractivity contribution in [1.82, 2.24) is 5.32 Å². The second kappa shape index (κ2) is 8.05. The van der Waals surface area contributed by atoms with Crippen LogP contribution in [0.1, 0.15) is 33.6 Å². The van der Waals surface area contributed by atoms with Gasteiger partial charge in [0.05, 0.1) is 6.61 Å². The molecule has 0 heterocycles. The summed E-state index contributed by atoms with van der Waals surface area (Å²) < 4.78 is 4.80. The lowest BCUT2D eigenvalue weighted by Gasteiger charge is -2.06. The van der Waals surface area contributed by atoms with Crippen LogP contribution in [-0.2, 0) is 9.53 Å². The molecular formula is C10H21NO2. The molecule has 0 aromatic heterocycles. The van der Waals surface area contributed by atoms with Gasteiger partial charge in [0.25, 0.3) is 0 Å². The van der Waals surface area contributed by atoms with E-state index in [1.807, 2.05) is 6.92 Å². The first-order valence-electron chi connectivity index (χ1n) is 5.03. The quantitative estimate of drug-likeness (QED) is 0.485. The Labute approximate surface area is 80.8 Å². The fraction of sp³-hybridized carbons (Fsp3) is 0.900. The van der Waals surface area contributed by atoms with E-state index in [1.165, 1.54) is 0 Å². The fourth-order valence-corrected chi connectivity index (χ4v) is 0.982. The van der Waals surface area contributed by atoms with Gasteiger partial charge in [0.1, 0.15) is 0 Å². The van der Waals surface area contributed by atoms with Crippen molar-refractivity contribution < 1.29 is 9.53 Å². The van der Waals surface area contributed by atoms with Gasteiger partial charge in [0, 0.05) is 6.42 Å². The van der Waals surface area contributed by atoms with Crippen molar-refractivity contribution in [3.05, 3.63) is 0 Å². The monoisotopic (exact) mass is 187 g/mol. The Hall–Kier alpha value is -0.570. The van der Waals surface area contributed by atoms with Crippen molar-refractivity contribution in [2.24, 2.45) is 5.92 Å². The van der Waals surface area contributed by atoms with Crippen molar-refractivity contribution in [1.29, 1.82) is 0 Å². The highest BCUT2D eigenvalue weighted by Gasteiger charge is 2.00. The summed E-state index contributed by atoms with van der Waals surface area (Å²) in [6.07, 6.45) is 1.39.